The highest BCUT2D eigenvalue weighted by atomic mass is 16.5. The Morgan fingerprint density at radius 2 is 2.40 bits per heavy atom. The zero-order valence-corrected chi connectivity index (χ0v) is 8.65. The number of likely N-dealkylation sites (N-methyl/N-ethyl adjacent to an activating group) is 1. The quantitative estimate of drug-likeness (QED) is 0.684. The van der Waals surface area contributed by atoms with Crippen LogP contribution in [0.4, 0.5) is 5.82 Å². The SMILES string of the molecule is COc1ncc2c(n1)N(C)CCNC2=O. The average Bonchev–Trinajstić information content (AvgIpc) is 2.40. The van der Waals surface area contributed by atoms with E-state index < -0.39 is 0 Å². The summed E-state index contributed by atoms with van der Waals surface area (Å²) in [5.74, 6) is 0.467. The molecule has 0 saturated heterocycles. The molecular formula is C9H12N4O2. The van der Waals surface area contributed by atoms with Crippen LogP contribution in [-0.2, 0) is 0 Å². The molecule has 1 aliphatic heterocycles. The number of methoxy groups -OCH3 is 1. The molecule has 15 heavy (non-hydrogen) atoms. The standard InChI is InChI=1S/C9H12N4O2/c1-13-4-3-10-8(14)6-5-11-9(15-2)12-7(6)13/h5H,3-4H2,1-2H3,(H,10,14). The van der Waals surface area contributed by atoms with Gasteiger partial charge in [0.2, 0.25) is 0 Å². The van der Waals surface area contributed by atoms with Crippen LogP contribution in [0.1, 0.15) is 10.4 Å². The van der Waals surface area contributed by atoms with Crippen LogP contribution in [0.2, 0.25) is 0 Å². The van der Waals surface area contributed by atoms with E-state index in [2.05, 4.69) is 15.3 Å². The van der Waals surface area contributed by atoms with Gasteiger partial charge in [0, 0.05) is 26.3 Å². The first-order valence-corrected chi connectivity index (χ1v) is 4.62. The lowest BCUT2D eigenvalue weighted by Crippen LogP contribution is -2.27. The maximum Gasteiger partial charge on any atom is 0.318 e. The van der Waals surface area contributed by atoms with Crippen LogP contribution in [0.25, 0.3) is 0 Å². The Labute approximate surface area is 87.3 Å². The molecule has 6 heteroatoms. The molecule has 1 aliphatic rings. The lowest BCUT2D eigenvalue weighted by atomic mass is 10.3. The molecule has 0 radical (unpaired) electrons. The highest BCUT2D eigenvalue weighted by molar-refractivity contribution is 5.99. The smallest absolute Gasteiger partial charge is 0.318 e. The van der Waals surface area contributed by atoms with E-state index in [4.69, 9.17) is 4.74 Å². The summed E-state index contributed by atoms with van der Waals surface area (Å²) in [6.07, 6.45) is 1.48. The molecule has 1 aromatic rings. The second-order valence-electron chi connectivity index (χ2n) is 3.27. The first-order chi connectivity index (χ1) is 7.22. The molecule has 2 rings (SSSR count). The number of anilines is 1. The largest absolute Gasteiger partial charge is 0.467 e. The molecule has 0 atom stereocenters. The Bertz CT molecular complexity index is 394. The second kappa shape index (κ2) is 3.72. The Balaban J connectivity index is 2.50. The van der Waals surface area contributed by atoms with Crippen molar-refractivity contribution in [3.05, 3.63) is 11.8 Å². The van der Waals surface area contributed by atoms with Crippen molar-refractivity contribution in [3.63, 3.8) is 0 Å². The molecule has 0 saturated carbocycles. The number of hydrogen-bond donors (Lipinski definition) is 1. The number of carbonyl (C=O) groups excluding carboxylic acids is 1. The highest BCUT2D eigenvalue weighted by Crippen LogP contribution is 2.19. The molecular weight excluding hydrogens is 196 g/mol. The van der Waals surface area contributed by atoms with Crippen LogP contribution < -0.4 is 15.0 Å². The summed E-state index contributed by atoms with van der Waals surface area (Å²) in [5.41, 5.74) is 0.482. The molecule has 1 amide bonds. The van der Waals surface area contributed by atoms with E-state index in [0.717, 1.165) is 6.54 Å². The number of fused-ring (bicyclic) bond motifs is 1. The maximum atomic E-state index is 11.6. The highest BCUT2D eigenvalue weighted by Gasteiger charge is 2.20. The summed E-state index contributed by atoms with van der Waals surface area (Å²) >= 11 is 0. The van der Waals surface area contributed by atoms with E-state index in [-0.39, 0.29) is 11.9 Å². The van der Waals surface area contributed by atoms with Gasteiger partial charge in [0.15, 0.2) is 0 Å². The van der Waals surface area contributed by atoms with Gasteiger partial charge in [-0.25, -0.2) is 4.98 Å². The lowest BCUT2D eigenvalue weighted by Gasteiger charge is -2.16. The summed E-state index contributed by atoms with van der Waals surface area (Å²) < 4.78 is 4.92. The topological polar surface area (TPSA) is 67.4 Å². The predicted molar refractivity (Wildman–Crippen MR) is 54.2 cm³/mol. The molecule has 6 nitrogen and oxygen atoms in total. The molecule has 1 aromatic heterocycles. The van der Waals surface area contributed by atoms with Crippen molar-refractivity contribution >= 4 is 11.7 Å². The molecule has 0 spiro atoms. The fourth-order valence-corrected chi connectivity index (χ4v) is 1.44. The van der Waals surface area contributed by atoms with Crippen molar-refractivity contribution in [3.8, 4) is 6.01 Å². The van der Waals surface area contributed by atoms with Crippen LogP contribution >= 0.6 is 0 Å². The molecule has 80 valence electrons. The van der Waals surface area contributed by atoms with Gasteiger partial charge in [-0.2, -0.15) is 4.98 Å². The summed E-state index contributed by atoms with van der Waals surface area (Å²) in [7, 11) is 3.38. The van der Waals surface area contributed by atoms with Gasteiger partial charge in [-0.1, -0.05) is 0 Å². The third-order valence-corrected chi connectivity index (χ3v) is 2.27. The Kier molecular flexibility index (Phi) is 2.40. The van der Waals surface area contributed by atoms with Gasteiger partial charge in [0.25, 0.3) is 5.91 Å². The number of nitrogens with zero attached hydrogens (tertiary/aromatic N) is 3. The van der Waals surface area contributed by atoms with Gasteiger partial charge < -0.3 is 15.0 Å². The van der Waals surface area contributed by atoms with E-state index >= 15 is 0 Å². The lowest BCUT2D eigenvalue weighted by molar-refractivity contribution is 0.0957. The Hall–Kier alpha value is -1.85. The normalized spacial score (nSPS) is 15.3. The van der Waals surface area contributed by atoms with E-state index in [9.17, 15) is 4.79 Å². The van der Waals surface area contributed by atoms with Crippen LogP contribution in [0.5, 0.6) is 6.01 Å². The van der Waals surface area contributed by atoms with Crippen LogP contribution in [0.3, 0.4) is 0 Å². The number of nitrogens with one attached hydrogen (secondary N) is 1. The summed E-state index contributed by atoms with van der Waals surface area (Å²) in [5, 5.41) is 2.77. The second-order valence-corrected chi connectivity index (χ2v) is 3.27. The zero-order chi connectivity index (χ0) is 10.8. The molecule has 0 aliphatic carbocycles. The van der Waals surface area contributed by atoms with Gasteiger partial charge in [0.05, 0.1) is 7.11 Å². The van der Waals surface area contributed by atoms with Gasteiger partial charge in [-0.3, -0.25) is 4.79 Å². The predicted octanol–water partition coefficient (Wildman–Crippen LogP) is -0.335. The van der Waals surface area contributed by atoms with E-state index in [1.54, 1.807) is 0 Å². The van der Waals surface area contributed by atoms with Gasteiger partial charge >= 0.3 is 6.01 Å². The molecule has 0 bridgehead atoms. The Morgan fingerprint density at radius 3 is 3.13 bits per heavy atom. The summed E-state index contributed by atoms with van der Waals surface area (Å²) in [6.45, 7) is 1.33. The van der Waals surface area contributed by atoms with E-state index in [0.29, 0.717) is 17.9 Å². The van der Waals surface area contributed by atoms with E-state index in [1.165, 1.54) is 13.3 Å². The number of amides is 1. The zero-order valence-electron chi connectivity index (χ0n) is 8.65. The van der Waals surface area contributed by atoms with Crippen molar-refractivity contribution in [1.29, 1.82) is 0 Å². The monoisotopic (exact) mass is 208 g/mol. The van der Waals surface area contributed by atoms with Crippen LogP contribution in [-0.4, -0.2) is 43.1 Å². The first-order valence-electron chi connectivity index (χ1n) is 4.62. The molecule has 2 heterocycles. The fraction of sp³-hybridized carbons (Fsp3) is 0.444. The number of hydrogen-bond acceptors (Lipinski definition) is 5. The van der Waals surface area contributed by atoms with Crippen LogP contribution in [0, 0.1) is 0 Å². The minimum absolute atomic E-state index is 0.142. The maximum absolute atomic E-state index is 11.6. The Morgan fingerprint density at radius 1 is 1.60 bits per heavy atom. The van der Waals surface area contributed by atoms with Crippen molar-refractivity contribution < 1.29 is 9.53 Å². The van der Waals surface area contributed by atoms with Crippen molar-refractivity contribution in [2.75, 3.05) is 32.1 Å². The molecule has 0 unspecified atom stereocenters. The van der Waals surface area contributed by atoms with Crippen molar-refractivity contribution in [2.45, 2.75) is 0 Å². The summed E-state index contributed by atoms with van der Waals surface area (Å²) in [6, 6.07) is 0.273. The summed E-state index contributed by atoms with van der Waals surface area (Å²) in [4.78, 5) is 21.6. The van der Waals surface area contributed by atoms with Crippen molar-refractivity contribution in [2.24, 2.45) is 0 Å². The van der Waals surface area contributed by atoms with Crippen molar-refractivity contribution in [1.82, 2.24) is 15.3 Å². The number of rotatable bonds is 1. The molecule has 1 N–H and O–H groups in total. The van der Waals surface area contributed by atoms with Gasteiger partial charge in [0.1, 0.15) is 11.4 Å². The average molecular weight is 208 g/mol. The van der Waals surface area contributed by atoms with E-state index in [1.807, 2.05) is 11.9 Å². The first kappa shape index (κ1) is 9.70. The van der Waals surface area contributed by atoms with Crippen LogP contribution in [0.15, 0.2) is 6.20 Å². The third kappa shape index (κ3) is 1.70. The number of aromatic nitrogens is 2. The molecule has 0 aromatic carbocycles. The molecule has 0 fully saturated rings. The number of carbonyl (C=O) groups is 1. The number of ether oxygens (including phenoxy) is 1. The van der Waals surface area contributed by atoms with Gasteiger partial charge in [-0.05, 0) is 0 Å². The van der Waals surface area contributed by atoms with Gasteiger partial charge in [-0.15, -0.1) is 0 Å². The minimum Gasteiger partial charge on any atom is -0.467 e. The third-order valence-electron chi connectivity index (χ3n) is 2.27. The fourth-order valence-electron chi connectivity index (χ4n) is 1.44. The minimum atomic E-state index is -0.142.